The molecule has 0 radical (unpaired) electrons. The lowest BCUT2D eigenvalue weighted by Gasteiger charge is -2.33. The Morgan fingerprint density at radius 1 is 1.23 bits per heavy atom. The predicted molar refractivity (Wildman–Crippen MR) is 104 cm³/mol. The van der Waals surface area contributed by atoms with Gasteiger partial charge in [0.05, 0.1) is 12.7 Å². The number of morpholine rings is 1. The highest BCUT2D eigenvalue weighted by Gasteiger charge is 2.21. The second kappa shape index (κ2) is 9.71. The van der Waals surface area contributed by atoms with Crippen molar-refractivity contribution in [3.63, 3.8) is 0 Å². The molecule has 1 atom stereocenters. The maximum absolute atomic E-state index is 12.0. The molecule has 1 saturated heterocycles. The number of amides is 1. The molecule has 5 nitrogen and oxygen atoms in total. The molecule has 1 fully saturated rings. The average Bonchev–Trinajstić information content (AvgIpc) is 2.66. The summed E-state index contributed by atoms with van der Waals surface area (Å²) in [5.74, 6) is 0.520. The summed E-state index contributed by atoms with van der Waals surface area (Å²) in [5, 5.41) is 2.89. The first-order valence-corrected chi connectivity index (χ1v) is 9.51. The fourth-order valence-electron chi connectivity index (χ4n) is 2.87. The van der Waals surface area contributed by atoms with Gasteiger partial charge in [-0.05, 0) is 23.8 Å². The SMILES string of the molecule is O=C(COc1cccc(Br)c1)NC[C@@H]1CN(Cc2ccccc2)CCO1. The van der Waals surface area contributed by atoms with Gasteiger partial charge in [-0.25, -0.2) is 0 Å². The summed E-state index contributed by atoms with van der Waals surface area (Å²) in [5.41, 5.74) is 1.29. The van der Waals surface area contributed by atoms with Gasteiger partial charge in [0.25, 0.3) is 5.91 Å². The molecule has 1 aliphatic rings. The topological polar surface area (TPSA) is 50.8 Å². The summed E-state index contributed by atoms with van der Waals surface area (Å²) < 4.78 is 12.2. The Morgan fingerprint density at radius 2 is 2.08 bits per heavy atom. The Kier molecular flexibility index (Phi) is 7.05. The number of carbonyl (C=O) groups excluding carboxylic acids is 1. The van der Waals surface area contributed by atoms with E-state index in [2.05, 4.69) is 50.4 Å². The molecule has 138 valence electrons. The molecule has 0 unspecified atom stereocenters. The van der Waals surface area contributed by atoms with Crippen LogP contribution in [0.3, 0.4) is 0 Å². The molecule has 0 saturated carbocycles. The second-order valence-corrected chi connectivity index (χ2v) is 7.18. The van der Waals surface area contributed by atoms with E-state index in [0.717, 1.165) is 24.1 Å². The number of halogens is 1. The first-order chi connectivity index (χ1) is 12.7. The molecule has 2 aromatic rings. The standard InChI is InChI=1S/C20H23BrN2O3/c21-17-7-4-8-18(11-17)26-15-20(24)22-12-19-14-23(9-10-25-19)13-16-5-2-1-3-6-16/h1-8,11,19H,9-10,12-15H2,(H,22,24)/t19-/m1/s1. The normalized spacial score (nSPS) is 17.7. The largest absolute Gasteiger partial charge is 0.484 e. The van der Waals surface area contributed by atoms with Gasteiger partial charge in [-0.2, -0.15) is 0 Å². The van der Waals surface area contributed by atoms with Gasteiger partial charge >= 0.3 is 0 Å². The van der Waals surface area contributed by atoms with Crippen molar-refractivity contribution >= 4 is 21.8 Å². The summed E-state index contributed by atoms with van der Waals surface area (Å²) in [7, 11) is 0. The lowest BCUT2D eigenvalue weighted by molar-refractivity contribution is -0.124. The van der Waals surface area contributed by atoms with Crippen LogP contribution in [0.5, 0.6) is 5.75 Å². The molecule has 1 amide bonds. The molecule has 0 spiro atoms. The maximum atomic E-state index is 12.0. The van der Waals surface area contributed by atoms with Gasteiger partial charge in [0, 0.05) is 30.7 Å². The van der Waals surface area contributed by atoms with E-state index in [1.165, 1.54) is 5.56 Å². The van der Waals surface area contributed by atoms with Gasteiger partial charge in [-0.3, -0.25) is 9.69 Å². The van der Waals surface area contributed by atoms with Crippen LogP contribution in [0.1, 0.15) is 5.56 Å². The van der Waals surface area contributed by atoms with Crippen molar-refractivity contribution in [2.75, 3.05) is 32.8 Å². The number of nitrogens with zero attached hydrogens (tertiary/aromatic N) is 1. The zero-order valence-electron chi connectivity index (χ0n) is 14.6. The van der Waals surface area contributed by atoms with Crippen LogP contribution in [0.2, 0.25) is 0 Å². The van der Waals surface area contributed by atoms with E-state index in [0.29, 0.717) is 18.9 Å². The van der Waals surface area contributed by atoms with E-state index >= 15 is 0 Å². The Balaban J connectivity index is 1.39. The van der Waals surface area contributed by atoms with Crippen molar-refractivity contribution in [2.24, 2.45) is 0 Å². The van der Waals surface area contributed by atoms with E-state index < -0.39 is 0 Å². The summed E-state index contributed by atoms with van der Waals surface area (Å²) in [6.45, 7) is 3.79. The van der Waals surface area contributed by atoms with E-state index in [4.69, 9.17) is 9.47 Å². The first-order valence-electron chi connectivity index (χ1n) is 8.72. The van der Waals surface area contributed by atoms with Gasteiger partial charge in [0.1, 0.15) is 5.75 Å². The first kappa shape index (κ1) is 18.9. The van der Waals surface area contributed by atoms with Crippen molar-refractivity contribution < 1.29 is 14.3 Å². The van der Waals surface area contributed by atoms with Crippen molar-refractivity contribution in [3.05, 3.63) is 64.6 Å². The van der Waals surface area contributed by atoms with E-state index in [9.17, 15) is 4.79 Å². The molecule has 2 aromatic carbocycles. The van der Waals surface area contributed by atoms with Gasteiger partial charge < -0.3 is 14.8 Å². The van der Waals surface area contributed by atoms with Crippen LogP contribution >= 0.6 is 15.9 Å². The third-order valence-electron chi connectivity index (χ3n) is 4.16. The lowest BCUT2D eigenvalue weighted by Crippen LogP contribution is -2.47. The van der Waals surface area contributed by atoms with Crippen molar-refractivity contribution in [1.82, 2.24) is 10.2 Å². The number of hydrogen-bond donors (Lipinski definition) is 1. The third-order valence-corrected chi connectivity index (χ3v) is 4.66. The Hall–Kier alpha value is -1.89. The number of ether oxygens (including phenoxy) is 2. The van der Waals surface area contributed by atoms with E-state index in [-0.39, 0.29) is 18.6 Å². The fraction of sp³-hybridized carbons (Fsp3) is 0.350. The second-order valence-electron chi connectivity index (χ2n) is 6.26. The quantitative estimate of drug-likeness (QED) is 0.750. The molecular weight excluding hydrogens is 396 g/mol. The van der Waals surface area contributed by atoms with Crippen LogP contribution < -0.4 is 10.1 Å². The minimum absolute atomic E-state index is 0.00211. The summed E-state index contributed by atoms with van der Waals surface area (Å²) >= 11 is 3.38. The molecule has 1 aliphatic heterocycles. The highest BCUT2D eigenvalue weighted by Crippen LogP contribution is 2.17. The van der Waals surface area contributed by atoms with Crippen LogP contribution in [0, 0.1) is 0 Å². The number of nitrogens with one attached hydrogen (secondary N) is 1. The fourth-order valence-corrected chi connectivity index (χ4v) is 3.25. The Morgan fingerprint density at radius 3 is 2.88 bits per heavy atom. The lowest BCUT2D eigenvalue weighted by atomic mass is 10.2. The summed E-state index contributed by atoms with van der Waals surface area (Å²) in [4.78, 5) is 14.4. The van der Waals surface area contributed by atoms with Gasteiger partial charge in [-0.1, -0.05) is 52.3 Å². The van der Waals surface area contributed by atoms with Gasteiger partial charge in [0.15, 0.2) is 6.61 Å². The van der Waals surface area contributed by atoms with Crippen molar-refractivity contribution in [1.29, 1.82) is 0 Å². The Labute approximate surface area is 162 Å². The molecule has 26 heavy (non-hydrogen) atoms. The van der Waals surface area contributed by atoms with Crippen LogP contribution in [0.15, 0.2) is 59.1 Å². The van der Waals surface area contributed by atoms with Crippen molar-refractivity contribution in [3.8, 4) is 5.75 Å². The molecule has 6 heteroatoms. The minimum atomic E-state index is -0.145. The van der Waals surface area contributed by atoms with Crippen LogP contribution in [-0.2, 0) is 16.1 Å². The van der Waals surface area contributed by atoms with Gasteiger partial charge in [-0.15, -0.1) is 0 Å². The van der Waals surface area contributed by atoms with E-state index in [1.807, 2.05) is 30.3 Å². The van der Waals surface area contributed by atoms with E-state index in [1.54, 1.807) is 0 Å². The third kappa shape index (κ3) is 6.12. The molecule has 0 aromatic heterocycles. The zero-order chi connectivity index (χ0) is 18.2. The molecule has 0 bridgehead atoms. The number of carbonyl (C=O) groups is 1. The number of rotatable bonds is 7. The van der Waals surface area contributed by atoms with Crippen molar-refractivity contribution in [2.45, 2.75) is 12.6 Å². The molecular formula is C20H23BrN2O3. The van der Waals surface area contributed by atoms with Gasteiger partial charge in [0.2, 0.25) is 0 Å². The molecule has 3 rings (SSSR count). The molecule has 1 heterocycles. The molecule has 1 N–H and O–H groups in total. The van der Waals surface area contributed by atoms with Crippen LogP contribution in [0.25, 0.3) is 0 Å². The molecule has 0 aliphatic carbocycles. The highest BCUT2D eigenvalue weighted by atomic mass is 79.9. The summed E-state index contributed by atoms with van der Waals surface area (Å²) in [6.07, 6.45) is 0.00211. The van der Waals surface area contributed by atoms with Crippen LogP contribution in [-0.4, -0.2) is 49.8 Å². The minimum Gasteiger partial charge on any atom is -0.484 e. The Bertz CT molecular complexity index is 711. The monoisotopic (exact) mass is 418 g/mol. The summed E-state index contributed by atoms with van der Waals surface area (Å²) in [6, 6.07) is 17.8. The maximum Gasteiger partial charge on any atom is 0.258 e. The van der Waals surface area contributed by atoms with Crippen LogP contribution in [0.4, 0.5) is 0 Å². The average molecular weight is 419 g/mol. The number of benzene rings is 2. The smallest absolute Gasteiger partial charge is 0.258 e. The zero-order valence-corrected chi connectivity index (χ0v) is 16.2. The number of hydrogen-bond acceptors (Lipinski definition) is 4. The highest BCUT2D eigenvalue weighted by molar-refractivity contribution is 9.10. The predicted octanol–water partition coefficient (Wildman–Crippen LogP) is 2.85.